The molecule has 0 aliphatic carbocycles. The molecule has 25 heavy (non-hydrogen) atoms. The summed E-state index contributed by atoms with van der Waals surface area (Å²) in [5.41, 5.74) is 1.13. The van der Waals surface area contributed by atoms with Gasteiger partial charge in [-0.1, -0.05) is 29.8 Å². The third-order valence-electron chi connectivity index (χ3n) is 3.36. The monoisotopic (exact) mass is 391 g/mol. The predicted octanol–water partition coefficient (Wildman–Crippen LogP) is 5.34. The summed E-state index contributed by atoms with van der Waals surface area (Å²) in [5.74, 6) is -0.406. The van der Waals surface area contributed by atoms with Crippen molar-refractivity contribution in [1.82, 2.24) is 4.98 Å². The molecule has 0 fully saturated rings. The van der Waals surface area contributed by atoms with Crippen LogP contribution in [0.2, 0.25) is 5.02 Å². The summed E-state index contributed by atoms with van der Waals surface area (Å²) >= 11 is 8.75. The lowest BCUT2D eigenvalue weighted by molar-refractivity contribution is 0.0488. The van der Waals surface area contributed by atoms with Crippen LogP contribution in [0, 0.1) is 0 Å². The van der Waals surface area contributed by atoms with E-state index in [-0.39, 0.29) is 18.1 Å². The summed E-state index contributed by atoms with van der Waals surface area (Å²) in [4.78, 5) is 28.9. The molecule has 3 rings (SSSR count). The van der Waals surface area contributed by atoms with Crippen LogP contribution in [-0.4, -0.2) is 23.3 Å². The molecule has 0 atom stereocenters. The molecule has 0 saturated heterocycles. The molecule has 2 heterocycles. The highest BCUT2D eigenvalue weighted by molar-refractivity contribution is 7.13. The first-order valence-corrected chi connectivity index (χ1v) is 9.72. The van der Waals surface area contributed by atoms with Crippen LogP contribution in [0.4, 0.5) is 0 Å². The normalized spacial score (nSPS) is 10.6. The number of ketones is 1. The number of hydrogen-bond acceptors (Lipinski definition) is 6. The van der Waals surface area contributed by atoms with E-state index in [4.69, 9.17) is 16.3 Å². The Hall–Kier alpha value is -2.02. The fraction of sp³-hybridized carbons (Fsp3) is 0.167. The van der Waals surface area contributed by atoms with Gasteiger partial charge in [0.1, 0.15) is 5.01 Å². The maximum absolute atomic E-state index is 12.0. The number of rotatable bonds is 7. The van der Waals surface area contributed by atoms with Crippen LogP contribution in [0.25, 0.3) is 10.6 Å². The molecule has 0 spiro atoms. The maximum atomic E-state index is 12.0. The van der Waals surface area contributed by atoms with Gasteiger partial charge < -0.3 is 4.74 Å². The van der Waals surface area contributed by atoms with Crippen molar-refractivity contribution in [2.24, 2.45) is 0 Å². The maximum Gasteiger partial charge on any atom is 0.357 e. The molecule has 0 N–H and O–H groups in total. The van der Waals surface area contributed by atoms with E-state index in [1.165, 1.54) is 22.7 Å². The number of carbonyl (C=O) groups is 2. The lowest BCUT2D eigenvalue weighted by atomic mass is 10.2. The van der Waals surface area contributed by atoms with Crippen LogP contribution >= 0.6 is 34.3 Å². The molecule has 0 aliphatic heterocycles. The predicted molar refractivity (Wildman–Crippen MR) is 101 cm³/mol. The number of nitrogens with zero attached hydrogens (tertiary/aromatic N) is 1. The molecule has 0 bridgehead atoms. The second-order valence-corrected chi connectivity index (χ2v) is 7.43. The quantitative estimate of drug-likeness (QED) is 0.309. The van der Waals surface area contributed by atoms with Gasteiger partial charge in [-0.2, -0.15) is 0 Å². The minimum absolute atomic E-state index is 0.0722. The first-order valence-electron chi connectivity index (χ1n) is 7.59. The van der Waals surface area contributed by atoms with Crippen LogP contribution in [-0.2, 0) is 4.74 Å². The summed E-state index contributed by atoms with van der Waals surface area (Å²) < 4.78 is 5.20. The summed E-state index contributed by atoms with van der Waals surface area (Å²) in [6.45, 7) is 0.194. The third kappa shape index (κ3) is 4.75. The van der Waals surface area contributed by atoms with Gasteiger partial charge in [-0.25, -0.2) is 9.78 Å². The third-order valence-corrected chi connectivity index (χ3v) is 5.40. The van der Waals surface area contributed by atoms with Gasteiger partial charge in [-0.05, 0) is 30.0 Å². The second kappa shape index (κ2) is 8.38. The number of carbonyl (C=O) groups excluding carboxylic acids is 2. The van der Waals surface area contributed by atoms with Gasteiger partial charge >= 0.3 is 5.97 Å². The van der Waals surface area contributed by atoms with Crippen LogP contribution in [0.15, 0.2) is 47.2 Å². The highest BCUT2D eigenvalue weighted by Crippen LogP contribution is 2.26. The van der Waals surface area contributed by atoms with Crippen molar-refractivity contribution in [2.75, 3.05) is 6.61 Å². The Morgan fingerprint density at radius 3 is 2.80 bits per heavy atom. The Balaban J connectivity index is 1.50. The van der Waals surface area contributed by atoms with E-state index in [9.17, 15) is 9.59 Å². The topological polar surface area (TPSA) is 56.3 Å². The van der Waals surface area contributed by atoms with Gasteiger partial charge in [-0.3, -0.25) is 4.79 Å². The number of thiazole rings is 1. The number of aromatic nitrogens is 1. The molecular formula is C18H14ClNO3S2. The molecule has 0 saturated carbocycles. The van der Waals surface area contributed by atoms with Gasteiger partial charge in [0.25, 0.3) is 0 Å². The molecule has 0 aliphatic rings. The molecular weight excluding hydrogens is 378 g/mol. The largest absolute Gasteiger partial charge is 0.461 e. The number of benzene rings is 1. The SMILES string of the molecule is O=C(OCCCC(=O)c1cccs1)c1csc(-c2cccc(Cl)c2)n1. The molecule has 4 nitrogen and oxygen atoms in total. The van der Waals surface area contributed by atoms with Crippen molar-refractivity contribution in [3.05, 3.63) is 62.8 Å². The number of Topliss-reactive ketones (excluding diaryl/α,β-unsaturated/α-hetero) is 1. The van der Waals surface area contributed by atoms with E-state index in [2.05, 4.69) is 4.98 Å². The fourth-order valence-electron chi connectivity index (χ4n) is 2.15. The Morgan fingerprint density at radius 2 is 2.04 bits per heavy atom. The van der Waals surface area contributed by atoms with Crippen molar-refractivity contribution >= 4 is 46.0 Å². The Kier molecular flexibility index (Phi) is 5.96. The first-order chi connectivity index (χ1) is 12.1. The standard InChI is InChI=1S/C18H14ClNO3S2/c19-13-5-1-4-12(10-13)17-20-14(11-25-17)18(22)23-8-2-6-15(21)16-7-3-9-24-16/h1,3-5,7,9-11H,2,6,8H2. The number of hydrogen-bond donors (Lipinski definition) is 0. The van der Waals surface area contributed by atoms with Crippen LogP contribution in [0.1, 0.15) is 33.0 Å². The minimum atomic E-state index is -0.479. The summed E-state index contributed by atoms with van der Waals surface area (Å²) in [5, 5.41) is 4.86. The second-order valence-electron chi connectivity index (χ2n) is 5.19. The average molecular weight is 392 g/mol. The lowest BCUT2D eigenvalue weighted by Gasteiger charge is -2.02. The van der Waals surface area contributed by atoms with Crippen LogP contribution in [0.5, 0.6) is 0 Å². The average Bonchev–Trinajstić information content (AvgIpc) is 3.30. The molecule has 128 valence electrons. The lowest BCUT2D eigenvalue weighted by Crippen LogP contribution is -2.08. The van der Waals surface area contributed by atoms with E-state index in [0.717, 1.165) is 10.4 Å². The smallest absolute Gasteiger partial charge is 0.357 e. The summed E-state index contributed by atoms with van der Waals surface area (Å²) in [6.07, 6.45) is 0.854. The zero-order chi connectivity index (χ0) is 17.6. The Morgan fingerprint density at radius 1 is 1.16 bits per heavy atom. The van der Waals surface area contributed by atoms with Gasteiger partial charge in [0.15, 0.2) is 11.5 Å². The van der Waals surface area contributed by atoms with E-state index in [1.807, 2.05) is 23.6 Å². The first kappa shape index (κ1) is 17.8. The minimum Gasteiger partial charge on any atom is -0.461 e. The highest BCUT2D eigenvalue weighted by atomic mass is 35.5. The van der Waals surface area contributed by atoms with Crippen molar-refractivity contribution in [3.8, 4) is 10.6 Å². The molecule has 0 radical (unpaired) electrons. The molecule has 2 aromatic heterocycles. The number of thiophene rings is 1. The van der Waals surface area contributed by atoms with E-state index >= 15 is 0 Å². The molecule has 0 amide bonds. The van der Waals surface area contributed by atoms with Crippen LogP contribution < -0.4 is 0 Å². The van der Waals surface area contributed by atoms with Crippen molar-refractivity contribution in [1.29, 1.82) is 0 Å². The van der Waals surface area contributed by atoms with E-state index < -0.39 is 5.97 Å². The van der Waals surface area contributed by atoms with Gasteiger partial charge in [0.05, 0.1) is 11.5 Å². The molecule has 0 unspecified atom stereocenters. The summed E-state index contributed by atoms with van der Waals surface area (Å²) in [6, 6.07) is 10.9. The van der Waals surface area contributed by atoms with E-state index in [1.54, 1.807) is 23.6 Å². The van der Waals surface area contributed by atoms with Crippen molar-refractivity contribution in [2.45, 2.75) is 12.8 Å². The van der Waals surface area contributed by atoms with Crippen LogP contribution in [0.3, 0.4) is 0 Å². The Bertz CT molecular complexity index is 874. The zero-order valence-electron chi connectivity index (χ0n) is 13.1. The number of ether oxygens (including phenoxy) is 1. The van der Waals surface area contributed by atoms with Gasteiger partial charge in [-0.15, -0.1) is 22.7 Å². The summed E-state index contributed by atoms with van der Waals surface area (Å²) in [7, 11) is 0. The number of esters is 1. The van der Waals surface area contributed by atoms with Crippen molar-refractivity contribution in [3.63, 3.8) is 0 Å². The highest BCUT2D eigenvalue weighted by Gasteiger charge is 2.14. The molecule has 7 heteroatoms. The Labute approximate surface area is 158 Å². The van der Waals surface area contributed by atoms with E-state index in [0.29, 0.717) is 22.9 Å². The number of halogens is 1. The van der Waals surface area contributed by atoms with Gasteiger partial charge in [0, 0.05) is 22.4 Å². The van der Waals surface area contributed by atoms with Gasteiger partial charge in [0.2, 0.25) is 0 Å². The van der Waals surface area contributed by atoms with Crippen molar-refractivity contribution < 1.29 is 14.3 Å². The fourth-order valence-corrected chi connectivity index (χ4v) is 3.82. The molecule has 1 aromatic carbocycles. The molecule has 3 aromatic rings. The zero-order valence-corrected chi connectivity index (χ0v) is 15.5.